The Morgan fingerprint density at radius 1 is 1.03 bits per heavy atom. The van der Waals surface area contributed by atoms with Crippen molar-refractivity contribution in [1.82, 2.24) is 19.9 Å². The standard InChI is InChI=1S/C20H24F3N5O4/c21-20(22,23)15-3-1-4-16(26-15)32-14-12-31-13(17(29)18(14)30)11-27-7-9-28(10-8-27)19-24-5-2-6-25-19/h1-6,13-14,17-18,29-30H,7-12H2/t13-,14+,17+,18-/m1/s1. The molecule has 2 aromatic heterocycles. The third kappa shape index (κ3) is 5.26. The molecule has 2 saturated heterocycles. The van der Waals surface area contributed by atoms with Crippen molar-refractivity contribution in [3.63, 3.8) is 0 Å². The number of aliphatic hydroxyl groups is 2. The Morgan fingerprint density at radius 3 is 2.44 bits per heavy atom. The summed E-state index contributed by atoms with van der Waals surface area (Å²) in [6, 6.07) is 5.01. The molecule has 2 aromatic rings. The summed E-state index contributed by atoms with van der Waals surface area (Å²) in [5, 5.41) is 21.0. The van der Waals surface area contributed by atoms with Crippen molar-refractivity contribution in [3.05, 3.63) is 42.4 Å². The van der Waals surface area contributed by atoms with Crippen LogP contribution in [0.5, 0.6) is 5.88 Å². The van der Waals surface area contributed by atoms with Crippen LogP contribution in [0.4, 0.5) is 19.1 Å². The van der Waals surface area contributed by atoms with Gasteiger partial charge in [0.25, 0.3) is 0 Å². The zero-order valence-electron chi connectivity index (χ0n) is 17.1. The highest BCUT2D eigenvalue weighted by Gasteiger charge is 2.41. The summed E-state index contributed by atoms with van der Waals surface area (Å²) in [6.45, 7) is 3.14. The molecule has 0 aromatic carbocycles. The van der Waals surface area contributed by atoms with E-state index in [1.807, 2.05) is 0 Å². The van der Waals surface area contributed by atoms with Crippen LogP contribution in [0.2, 0.25) is 0 Å². The molecule has 0 bridgehead atoms. The van der Waals surface area contributed by atoms with Crippen LogP contribution in [-0.2, 0) is 10.9 Å². The summed E-state index contributed by atoms with van der Waals surface area (Å²) in [5.41, 5.74) is -1.10. The van der Waals surface area contributed by atoms with Crippen molar-refractivity contribution in [2.75, 3.05) is 44.2 Å². The van der Waals surface area contributed by atoms with E-state index in [1.165, 1.54) is 12.1 Å². The number of anilines is 1. The summed E-state index contributed by atoms with van der Waals surface area (Å²) < 4.78 is 49.6. The van der Waals surface area contributed by atoms with Crippen LogP contribution in [0.25, 0.3) is 0 Å². The Kier molecular flexibility index (Phi) is 6.74. The summed E-state index contributed by atoms with van der Waals surface area (Å²) in [4.78, 5) is 16.1. The van der Waals surface area contributed by atoms with Crippen molar-refractivity contribution in [1.29, 1.82) is 0 Å². The first-order chi connectivity index (χ1) is 15.3. The number of hydrogen-bond donors (Lipinski definition) is 2. The van der Waals surface area contributed by atoms with Crippen LogP contribution in [0.1, 0.15) is 5.69 Å². The van der Waals surface area contributed by atoms with E-state index in [1.54, 1.807) is 18.5 Å². The lowest BCUT2D eigenvalue weighted by atomic mass is 9.99. The fraction of sp³-hybridized carbons (Fsp3) is 0.550. The van der Waals surface area contributed by atoms with Gasteiger partial charge in [-0.05, 0) is 12.1 Å². The highest BCUT2D eigenvalue weighted by Crippen LogP contribution is 2.29. The Hall–Kier alpha value is -2.54. The van der Waals surface area contributed by atoms with Crippen LogP contribution in [0.3, 0.4) is 0 Å². The van der Waals surface area contributed by atoms with Gasteiger partial charge in [-0.25, -0.2) is 15.0 Å². The quantitative estimate of drug-likeness (QED) is 0.670. The Morgan fingerprint density at radius 2 is 1.75 bits per heavy atom. The van der Waals surface area contributed by atoms with Crippen LogP contribution < -0.4 is 9.64 Å². The minimum absolute atomic E-state index is 0.0847. The fourth-order valence-electron chi connectivity index (χ4n) is 3.75. The maximum atomic E-state index is 12.8. The smallest absolute Gasteiger partial charge is 0.433 e. The highest BCUT2D eigenvalue weighted by molar-refractivity contribution is 5.29. The van der Waals surface area contributed by atoms with Gasteiger partial charge in [0.1, 0.15) is 17.9 Å². The minimum atomic E-state index is -4.61. The molecular formula is C20H24F3N5O4. The molecule has 2 N–H and O–H groups in total. The largest absolute Gasteiger partial charge is 0.469 e. The van der Waals surface area contributed by atoms with Gasteiger partial charge in [0.15, 0.2) is 6.10 Å². The SMILES string of the molecule is O[C@@H]1[C@H](O)[C@@H](Oc2cccc(C(F)(F)F)n2)CO[C@@H]1CN1CCN(c2ncccn2)CC1. The molecule has 4 atom stereocenters. The minimum Gasteiger partial charge on any atom is -0.469 e. The van der Waals surface area contributed by atoms with Gasteiger partial charge in [-0.1, -0.05) is 6.07 Å². The van der Waals surface area contributed by atoms with E-state index < -0.39 is 36.3 Å². The average molecular weight is 455 g/mol. The van der Waals surface area contributed by atoms with E-state index in [-0.39, 0.29) is 12.5 Å². The summed E-state index contributed by atoms with van der Waals surface area (Å²) in [5.74, 6) is 0.372. The summed E-state index contributed by atoms with van der Waals surface area (Å²) >= 11 is 0. The molecular weight excluding hydrogens is 431 g/mol. The number of nitrogens with zero attached hydrogens (tertiary/aromatic N) is 5. The first-order valence-corrected chi connectivity index (χ1v) is 10.2. The lowest BCUT2D eigenvalue weighted by Gasteiger charge is -2.41. The number of piperazine rings is 1. The Labute approximate surface area is 182 Å². The number of rotatable bonds is 5. The second-order valence-electron chi connectivity index (χ2n) is 7.70. The molecule has 4 heterocycles. The number of alkyl halides is 3. The predicted octanol–water partition coefficient (Wildman–Crippen LogP) is 0.581. The number of aliphatic hydroxyl groups excluding tert-OH is 2. The molecule has 4 rings (SSSR count). The molecule has 12 heteroatoms. The molecule has 2 aliphatic heterocycles. The molecule has 0 amide bonds. The van der Waals surface area contributed by atoms with Crippen molar-refractivity contribution < 1.29 is 32.9 Å². The van der Waals surface area contributed by atoms with Crippen molar-refractivity contribution in [3.8, 4) is 5.88 Å². The lowest BCUT2D eigenvalue weighted by Crippen LogP contribution is -2.59. The molecule has 32 heavy (non-hydrogen) atoms. The van der Waals surface area contributed by atoms with Gasteiger partial charge < -0.3 is 24.6 Å². The Balaban J connectivity index is 1.29. The van der Waals surface area contributed by atoms with E-state index in [2.05, 4.69) is 24.8 Å². The van der Waals surface area contributed by atoms with Gasteiger partial charge >= 0.3 is 6.18 Å². The average Bonchev–Trinajstić information content (AvgIpc) is 2.79. The zero-order chi connectivity index (χ0) is 22.7. The van der Waals surface area contributed by atoms with Gasteiger partial charge in [-0.15, -0.1) is 0 Å². The van der Waals surface area contributed by atoms with Crippen molar-refractivity contribution in [2.24, 2.45) is 0 Å². The van der Waals surface area contributed by atoms with Crippen molar-refractivity contribution >= 4 is 5.95 Å². The number of pyridine rings is 1. The normalized spacial score (nSPS) is 27.3. The lowest BCUT2D eigenvalue weighted by molar-refractivity contribution is -0.185. The number of hydrogen-bond acceptors (Lipinski definition) is 9. The second-order valence-corrected chi connectivity index (χ2v) is 7.70. The maximum absolute atomic E-state index is 12.8. The van der Waals surface area contributed by atoms with Gasteiger partial charge in [0.2, 0.25) is 11.8 Å². The zero-order valence-corrected chi connectivity index (χ0v) is 17.1. The van der Waals surface area contributed by atoms with E-state index in [4.69, 9.17) is 9.47 Å². The van der Waals surface area contributed by atoms with Crippen LogP contribution >= 0.6 is 0 Å². The van der Waals surface area contributed by atoms with E-state index in [0.29, 0.717) is 38.7 Å². The Bertz CT molecular complexity index is 883. The molecule has 0 spiro atoms. The fourth-order valence-corrected chi connectivity index (χ4v) is 3.75. The van der Waals surface area contributed by atoms with Crippen molar-refractivity contribution in [2.45, 2.75) is 30.6 Å². The van der Waals surface area contributed by atoms with Gasteiger partial charge in [0, 0.05) is 51.2 Å². The molecule has 0 radical (unpaired) electrons. The van der Waals surface area contributed by atoms with Gasteiger partial charge in [-0.2, -0.15) is 13.2 Å². The molecule has 0 saturated carbocycles. The van der Waals surface area contributed by atoms with Crippen LogP contribution in [0, 0.1) is 0 Å². The monoisotopic (exact) mass is 455 g/mol. The number of halogens is 3. The molecule has 9 nitrogen and oxygen atoms in total. The molecule has 2 aliphatic rings. The topological polar surface area (TPSA) is 104 Å². The molecule has 174 valence electrons. The van der Waals surface area contributed by atoms with E-state index in [9.17, 15) is 23.4 Å². The first-order valence-electron chi connectivity index (χ1n) is 10.2. The third-order valence-corrected chi connectivity index (χ3v) is 5.52. The van der Waals surface area contributed by atoms with Gasteiger partial charge in [0.05, 0.1) is 12.7 Å². The first kappa shape index (κ1) is 22.6. The second kappa shape index (κ2) is 9.53. The van der Waals surface area contributed by atoms with Crippen LogP contribution in [-0.4, -0.2) is 93.8 Å². The van der Waals surface area contributed by atoms with Crippen LogP contribution in [0.15, 0.2) is 36.7 Å². The molecule has 2 fully saturated rings. The molecule has 0 unspecified atom stereocenters. The maximum Gasteiger partial charge on any atom is 0.433 e. The summed E-state index contributed by atoms with van der Waals surface area (Å²) in [6.07, 6.45) is -5.50. The predicted molar refractivity (Wildman–Crippen MR) is 106 cm³/mol. The summed E-state index contributed by atoms with van der Waals surface area (Å²) in [7, 11) is 0. The highest BCUT2D eigenvalue weighted by atomic mass is 19.4. The molecule has 0 aliphatic carbocycles. The third-order valence-electron chi connectivity index (χ3n) is 5.52. The number of ether oxygens (including phenoxy) is 2. The number of aromatic nitrogens is 3. The van der Waals surface area contributed by atoms with E-state index >= 15 is 0 Å². The van der Waals surface area contributed by atoms with Gasteiger partial charge in [-0.3, -0.25) is 4.90 Å². The van der Waals surface area contributed by atoms with E-state index in [0.717, 1.165) is 6.07 Å².